The van der Waals surface area contributed by atoms with Gasteiger partial charge in [-0.2, -0.15) is 4.68 Å². The minimum absolute atomic E-state index is 0.819. The van der Waals surface area contributed by atoms with Crippen LogP contribution in [0.25, 0.3) is 0 Å². The van der Waals surface area contributed by atoms with Crippen LogP contribution in [0.2, 0.25) is 0 Å². The number of rotatable bonds is 3. The zero-order chi connectivity index (χ0) is 7.28. The number of nitrogens with zero attached hydrogens (tertiary/aromatic N) is 1. The fourth-order valence-corrected chi connectivity index (χ4v) is 0.677. The maximum absolute atomic E-state index is 5.51. The highest BCUT2D eigenvalue weighted by atomic mass is 15.4. The number of hydrogen-bond donors (Lipinski definition) is 2. The van der Waals surface area contributed by atoms with E-state index in [0.717, 1.165) is 18.9 Å². The Hall–Kier alpha value is -0.730. The Morgan fingerprint density at radius 1 is 1.56 bits per heavy atom. The van der Waals surface area contributed by atoms with Gasteiger partial charge in [0.1, 0.15) is 6.54 Å². The average Bonchev–Trinajstić information content (AvgIpc) is 1.82. The van der Waals surface area contributed by atoms with E-state index >= 15 is 0 Å². The minimum atomic E-state index is 0.819. The van der Waals surface area contributed by atoms with Gasteiger partial charge in [0, 0.05) is 13.5 Å². The van der Waals surface area contributed by atoms with Crippen molar-refractivity contribution >= 4 is 5.84 Å². The molecule has 9 heavy (non-hydrogen) atoms. The first-order chi connectivity index (χ1) is 4.22. The normalized spacial score (nSPS) is 12.8. The molecular weight excluding hydrogens is 114 g/mol. The van der Waals surface area contributed by atoms with Gasteiger partial charge in [-0.1, -0.05) is 0 Å². The first kappa shape index (κ1) is 8.27. The first-order valence-corrected chi connectivity index (χ1v) is 3.32. The number of nitrogens with two attached hydrogens (primary N) is 1. The molecular formula is C6H16N3+. The van der Waals surface area contributed by atoms with Crippen LogP contribution in [0.3, 0.4) is 0 Å². The molecule has 0 heterocycles. The quantitative estimate of drug-likeness (QED) is 0.243. The molecule has 0 atom stereocenters. The fraction of sp³-hybridized carbons (Fsp3) is 0.833. The zero-order valence-electron chi connectivity index (χ0n) is 6.44. The Kier molecular flexibility index (Phi) is 3.84. The maximum Gasteiger partial charge on any atom is 0.262 e. The third kappa shape index (κ3) is 2.95. The summed E-state index contributed by atoms with van der Waals surface area (Å²) in [5.74, 6) is 0.819. The molecule has 0 fully saturated rings. The second-order valence-corrected chi connectivity index (χ2v) is 1.90. The van der Waals surface area contributed by atoms with Crippen LogP contribution in [0.4, 0.5) is 0 Å². The van der Waals surface area contributed by atoms with Gasteiger partial charge < -0.3 is 0 Å². The molecule has 0 saturated heterocycles. The minimum Gasteiger partial charge on any atom is -0.290 e. The van der Waals surface area contributed by atoms with E-state index in [4.69, 9.17) is 5.73 Å². The van der Waals surface area contributed by atoms with Crippen LogP contribution in [0, 0.1) is 0 Å². The lowest BCUT2D eigenvalue weighted by Crippen LogP contribution is -2.36. The van der Waals surface area contributed by atoms with E-state index in [1.807, 2.05) is 18.5 Å². The topological polar surface area (TPSA) is 41.1 Å². The predicted molar refractivity (Wildman–Crippen MR) is 39.3 cm³/mol. The van der Waals surface area contributed by atoms with Gasteiger partial charge in [0.25, 0.3) is 5.84 Å². The van der Waals surface area contributed by atoms with Crippen LogP contribution in [0.1, 0.15) is 20.8 Å². The van der Waals surface area contributed by atoms with Crippen LogP contribution < -0.4 is 11.2 Å². The van der Waals surface area contributed by atoms with E-state index in [1.54, 1.807) is 0 Å². The van der Waals surface area contributed by atoms with E-state index in [0.29, 0.717) is 0 Å². The van der Waals surface area contributed by atoms with Crippen molar-refractivity contribution in [1.29, 1.82) is 0 Å². The summed E-state index contributed by atoms with van der Waals surface area (Å²) in [4.78, 5) is 0. The fourth-order valence-electron chi connectivity index (χ4n) is 0.677. The van der Waals surface area contributed by atoms with Crippen molar-refractivity contribution in [1.82, 2.24) is 5.43 Å². The molecule has 0 bridgehead atoms. The molecule has 3 heteroatoms. The molecule has 0 aromatic carbocycles. The summed E-state index contributed by atoms with van der Waals surface area (Å²) < 4.78 is 1.92. The Bertz CT molecular complexity index is 103. The first-order valence-electron chi connectivity index (χ1n) is 3.32. The van der Waals surface area contributed by atoms with E-state index < -0.39 is 0 Å². The van der Waals surface area contributed by atoms with Gasteiger partial charge in [-0.25, -0.2) is 0 Å². The van der Waals surface area contributed by atoms with Crippen LogP contribution in [-0.4, -0.2) is 23.6 Å². The molecule has 3 N–H and O–H groups in total. The zero-order valence-corrected chi connectivity index (χ0v) is 6.44. The largest absolute Gasteiger partial charge is 0.290 e. The molecule has 0 spiro atoms. The van der Waals surface area contributed by atoms with Gasteiger partial charge in [-0.3, -0.25) is 11.2 Å². The van der Waals surface area contributed by atoms with Gasteiger partial charge in [0.05, 0.1) is 0 Å². The van der Waals surface area contributed by atoms with Gasteiger partial charge in [-0.15, -0.1) is 0 Å². The standard InChI is InChI=1S/C6H15N3/c1-4-8-9(5-2)6(3)7/h7-8H,4-5H2,1-3H3/p+1. The summed E-state index contributed by atoms with van der Waals surface area (Å²) in [6.45, 7) is 7.81. The van der Waals surface area contributed by atoms with Crippen molar-refractivity contribution in [2.75, 3.05) is 13.1 Å². The lowest BCUT2D eigenvalue weighted by Gasteiger charge is -2.04. The van der Waals surface area contributed by atoms with Crippen molar-refractivity contribution in [2.45, 2.75) is 20.8 Å². The number of nitrogens with one attached hydrogen (secondary N) is 1. The molecule has 0 radical (unpaired) electrons. The van der Waals surface area contributed by atoms with E-state index in [1.165, 1.54) is 0 Å². The van der Waals surface area contributed by atoms with Crippen molar-refractivity contribution < 1.29 is 4.68 Å². The van der Waals surface area contributed by atoms with Gasteiger partial charge in [0.2, 0.25) is 0 Å². The Morgan fingerprint density at radius 2 is 2.11 bits per heavy atom. The molecule has 0 aliphatic heterocycles. The summed E-state index contributed by atoms with van der Waals surface area (Å²) in [5, 5.41) is 0. The van der Waals surface area contributed by atoms with Gasteiger partial charge in [0.15, 0.2) is 0 Å². The molecule has 0 rings (SSSR count). The van der Waals surface area contributed by atoms with Crippen LogP contribution in [-0.2, 0) is 0 Å². The second kappa shape index (κ2) is 4.18. The summed E-state index contributed by atoms with van der Waals surface area (Å²) in [7, 11) is 0. The average molecular weight is 130 g/mol. The summed E-state index contributed by atoms with van der Waals surface area (Å²) >= 11 is 0. The molecule has 0 aliphatic carbocycles. The van der Waals surface area contributed by atoms with Crippen LogP contribution in [0.5, 0.6) is 0 Å². The van der Waals surface area contributed by atoms with E-state index in [9.17, 15) is 0 Å². The van der Waals surface area contributed by atoms with E-state index in [2.05, 4.69) is 12.3 Å². The highest BCUT2D eigenvalue weighted by Crippen LogP contribution is 1.67. The molecule has 0 amide bonds. The van der Waals surface area contributed by atoms with Crippen LogP contribution >= 0.6 is 0 Å². The molecule has 0 saturated carbocycles. The molecule has 0 aromatic rings. The lowest BCUT2D eigenvalue weighted by atomic mass is 10.6. The SMILES string of the molecule is CCN/[N+](CC)=C(/C)N. The highest BCUT2D eigenvalue weighted by Gasteiger charge is 1.95. The maximum atomic E-state index is 5.51. The van der Waals surface area contributed by atoms with Crippen molar-refractivity contribution in [3.63, 3.8) is 0 Å². The van der Waals surface area contributed by atoms with E-state index in [-0.39, 0.29) is 0 Å². The van der Waals surface area contributed by atoms with Gasteiger partial charge >= 0.3 is 0 Å². The van der Waals surface area contributed by atoms with Crippen molar-refractivity contribution in [2.24, 2.45) is 5.73 Å². The second-order valence-electron chi connectivity index (χ2n) is 1.90. The molecule has 0 aliphatic rings. The van der Waals surface area contributed by atoms with Crippen molar-refractivity contribution in [3.8, 4) is 0 Å². The molecule has 0 unspecified atom stereocenters. The number of hydrazine groups is 1. The monoisotopic (exact) mass is 130 g/mol. The summed E-state index contributed by atoms with van der Waals surface area (Å²) in [6.07, 6.45) is 0. The number of hydrogen-bond acceptors (Lipinski definition) is 1. The van der Waals surface area contributed by atoms with Crippen molar-refractivity contribution in [3.05, 3.63) is 0 Å². The molecule has 54 valence electrons. The van der Waals surface area contributed by atoms with Gasteiger partial charge in [-0.05, 0) is 13.8 Å². The Morgan fingerprint density at radius 3 is 2.22 bits per heavy atom. The summed E-state index contributed by atoms with van der Waals surface area (Å²) in [5.41, 5.74) is 8.62. The summed E-state index contributed by atoms with van der Waals surface area (Å²) in [6, 6.07) is 0. The predicted octanol–water partition coefficient (Wildman–Crippen LogP) is -0.0796. The Labute approximate surface area is 56.5 Å². The van der Waals surface area contributed by atoms with Crippen LogP contribution in [0.15, 0.2) is 0 Å². The molecule has 3 nitrogen and oxygen atoms in total. The Balaban J connectivity index is 3.83. The lowest BCUT2D eigenvalue weighted by molar-refractivity contribution is -0.585. The molecule has 0 aromatic heterocycles. The number of hydrazone groups is 1. The highest BCUT2D eigenvalue weighted by molar-refractivity contribution is 5.71. The number of amidine groups is 1. The third-order valence-corrected chi connectivity index (χ3v) is 1.09. The third-order valence-electron chi connectivity index (χ3n) is 1.09. The smallest absolute Gasteiger partial charge is 0.262 e.